The maximum Gasteiger partial charge on any atom is 0.345 e. The van der Waals surface area contributed by atoms with E-state index in [2.05, 4.69) is 15.1 Å². The average molecular weight is 257 g/mol. The van der Waals surface area contributed by atoms with Crippen LogP contribution in [0.2, 0.25) is 0 Å². The fourth-order valence-electron chi connectivity index (χ4n) is 2.27. The van der Waals surface area contributed by atoms with Crippen molar-refractivity contribution in [3.05, 3.63) is 21.0 Å². The molecule has 1 saturated heterocycles. The minimum Gasteiger partial charge on any atom is -0.391 e. The second kappa shape index (κ2) is 4.11. The van der Waals surface area contributed by atoms with E-state index in [1.54, 1.807) is 0 Å². The van der Waals surface area contributed by atoms with Crippen LogP contribution in [0.1, 0.15) is 12.8 Å². The van der Waals surface area contributed by atoms with Gasteiger partial charge in [-0.25, -0.2) is 24.4 Å². The molecule has 0 unspecified atom stereocenters. The third kappa shape index (κ3) is 1.83. The number of likely N-dealkylation sites (tertiary alicyclic amines) is 1. The summed E-state index contributed by atoms with van der Waals surface area (Å²) in [5, 5.41) is 4.53. The van der Waals surface area contributed by atoms with Crippen LogP contribution in [0, 0.1) is 0 Å². The van der Waals surface area contributed by atoms with Gasteiger partial charge in [0.15, 0.2) is 0 Å². The number of nitrogens with one attached hydrogen (secondary N) is 2. The predicted octanol–water partition coefficient (Wildman–Crippen LogP) is -1.43. The first-order valence-corrected chi connectivity index (χ1v) is 5.77. The first kappa shape index (κ1) is 12.1. The highest BCUT2D eigenvalue weighted by Gasteiger charge is 2.41. The number of rotatable bonds is 2. The van der Waals surface area contributed by atoms with Crippen LogP contribution >= 0.6 is 12.2 Å². The number of nitrogens with two attached hydrogens (primary N) is 1. The van der Waals surface area contributed by atoms with Crippen LogP contribution < -0.4 is 17.1 Å². The van der Waals surface area contributed by atoms with Gasteiger partial charge in [-0.15, -0.1) is 0 Å². The van der Waals surface area contributed by atoms with E-state index in [9.17, 15) is 9.59 Å². The number of piperidine rings is 1. The van der Waals surface area contributed by atoms with Crippen molar-refractivity contribution < 1.29 is 0 Å². The van der Waals surface area contributed by atoms with Gasteiger partial charge in [-0.3, -0.25) is 0 Å². The lowest BCUT2D eigenvalue weighted by Crippen LogP contribution is -2.58. The van der Waals surface area contributed by atoms with E-state index >= 15 is 0 Å². The molecule has 0 radical (unpaired) electrons. The molecule has 0 spiro atoms. The molecule has 0 bridgehead atoms. The molecule has 7 nitrogen and oxygen atoms in total. The Hall–Kier alpha value is -1.41. The molecule has 0 aromatic carbocycles. The summed E-state index contributed by atoms with van der Waals surface area (Å²) in [6.45, 7) is 1.49. The number of aromatic nitrogens is 3. The zero-order chi connectivity index (χ0) is 12.6. The summed E-state index contributed by atoms with van der Waals surface area (Å²) in [7, 11) is 1.98. The molecule has 0 saturated carbocycles. The van der Waals surface area contributed by atoms with Crippen molar-refractivity contribution in [1.29, 1.82) is 0 Å². The lowest BCUT2D eigenvalue weighted by atomic mass is 9.87. The van der Waals surface area contributed by atoms with Crippen LogP contribution in [-0.2, 0) is 5.54 Å². The molecule has 0 aliphatic carbocycles. The first-order valence-electron chi connectivity index (χ1n) is 5.36. The molecule has 1 aromatic rings. The number of aromatic amines is 2. The zero-order valence-electron chi connectivity index (χ0n) is 9.52. The predicted molar refractivity (Wildman–Crippen MR) is 67.2 cm³/mol. The summed E-state index contributed by atoms with van der Waals surface area (Å²) in [6, 6.07) is 0. The van der Waals surface area contributed by atoms with E-state index < -0.39 is 16.9 Å². The molecule has 4 N–H and O–H groups in total. The van der Waals surface area contributed by atoms with Crippen molar-refractivity contribution in [2.45, 2.75) is 18.4 Å². The number of H-pyrrole nitrogens is 2. The van der Waals surface area contributed by atoms with Crippen LogP contribution in [0.15, 0.2) is 9.59 Å². The maximum atomic E-state index is 11.7. The summed E-state index contributed by atoms with van der Waals surface area (Å²) in [5.74, 6) is 0. The molecule has 94 valence electrons. The van der Waals surface area contributed by atoms with Crippen molar-refractivity contribution in [1.82, 2.24) is 19.7 Å². The van der Waals surface area contributed by atoms with Gasteiger partial charge in [0, 0.05) is 13.1 Å². The summed E-state index contributed by atoms with van der Waals surface area (Å²) in [6.07, 6.45) is 1.14. The Morgan fingerprint density at radius 3 is 2.18 bits per heavy atom. The lowest BCUT2D eigenvalue weighted by molar-refractivity contribution is 0.178. The molecule has 1 aliphatic heterocycles. The highest BCUT2D eigenvalue weighted by atomic mass is 32.1. The van der Waals surface area contributed by atoms with Crippen LogP contribution in [-0.4, -0.2) is 44.8 Å². The highest BCUT2D eigenvalue weighted by Crippen LogP contribution is 2.27. The SMILES string of the molecule is CN1CCC(C(N)=S)(n2c(=O)[nH][nH]c2=O)CC1. The minimum atomic E-state index is -0.841. The summed E-state index contributed by atoms with van der Waals surface area (Å²) >= 11 is 5.07. The van der Waals surface area contributed by atoms with Crippen molar-refractivity contribution in [2.75, 3.05) is 20.1 Å². The van der Waals surface area contributed by atoms with E-state index in [0.717, 1.165) is 17.7 Å². The number of hydrogen-bond acceptors (Lipinski definition) is 4. The normalized spacial score (nSPS) is 20.3. The standard InChI is InChI=1S/C9H15N5O2S/c1-13-4-2-9(3-5-13,6(10)17)14-7(15)11-12-8(14)16/h2-5H2,1H3,(H2,10,17)(H,11,15)(H,12,16). The van der Waals surface area contributed by atoms with Gasteiger partial charge in [-0.2, -0.15) is 0 Å². The number of thiocarbonyl (C=S) groups is 1. The van der Waals surface area contributed by atoms with E-state index in [1.807, 2.05) is 7.05 Å². The van der Waals surface area contributed by atoms with E-state index in [-0.39, 0.29) is 4.99 Å². The third-order valence-electron chi connectivity index (χ3n) is 3.38. The van der Waals surface area contributed by atoms with Gasteiger partial charge in [0.25, 0.3) is 0 Å². The van der Waals surface area contributed by atoms with Gasteiger partial charge >= 0.3 is 11.4 Å². The Kier molecular flexibility index (Phi) is 2.92. The molecule has 2 heterocycles. The highest BCUT2D eigenvalue weighted by molar-refractivity contribution is 7.80. The monoisotopic (exact) mass is 257 g/mol. The fourth-order valence-corrected chi connectivity index (χ4v) is 2.56. The lowest BCUT2D eigenvalue weighted by Gasteiger charge is -2.39. The molecule has 8 heteroatoms. The summed E-state index contributed by atoms with van der Waals surface area (Å²) < 4.78 is 1.11. The largest absolute Gasteiger partial charge is 0.391 e. The van der Waals surface area contributed by atoms with Crippen LogP contribution in [0.3, 0.4) is 0 Å². The summed E-state index contributed by atoms with van der Waals surface area (Å²) in [5.41, 5.74) is 3.94. The van der Waals surface area contributed by atoms with Crippen molar-refractivity contribution in [3.63, 3.8) is 0 Å². The van der Waals surface area contributed by atoms with E-state index in [0.29, 0.717) is 12.8 Å². The van der Waals surface area contributed by atoms with Gasteiger partial charge in [-0.1, -0.05) is 12.2 Å². The molecule has 0 atom stereocenters. The molecule has 1 fully saturated rings. The topological polar surface area (TPSA) is 99.9 Å². The second-order valence-electron chi connectivity index (χ2n) is 4.39. The molecule has 0 amide bonds. The molecular formula is C9H15N5O2S. The van der Waals surface area contributed by atoms with Crippen LogP contribution in [0.4, 0.5) is 0 Å². The number of hydrogen-bond donors (Lipinski definition) is 3. The van der Waals surface area contributed by atoms with Gasteiger partial charge in [0.2, 0.25) is 0 Å². The Balaban J connectivity index is 2.54. The maximum absolute atomic E-state index is 11.7. The van der Waals surface area contributed by atoms with Gasteiger partial charge in [-0.05, 0) is 19.9 Å². The van der Waals surface area contributed by atoms with Crippen LogP contribution in [0.5, 0.6) is 0 Å². The quantitative estimate of drug-likeness (QED) is 0.564. The average Bonchev–Trinajstić information content (AvgIpc) is 2.61. The molecule has 1 aromatic heterocycles. The Morgan fingerprint density at radius 1 is 1.29 bits per heavy atom. The molecule has 17 heavy (non-hydrogen) atoms. The minimum absolute atomic E-state index is 0.192. The van der Waals surface area contributed by atoms with Gasteiger partial charge < -0.3 is 10.6 Å². The third-order valence-corrected chi connectivity index (χ3v) is 3.76. The van der Waals surface area contributed by atoms with E-state index in [4.69, 9.17) is 18.0 Å². The Morgan fingerprint density at radius 2 is 1.76 bits per heavy atom. The number of nitrogens with zero attached hydrogens (tertiary/aromatic N) is 2. The van der Waals surface area contributed by atoms with Crippen molar-refractivity contribution >= 4 is 17.2 Å². The van der Waals surface area contributed by atoms with Crippen molar-refractivity contribution in [3.8, 4) is 0 Å². The van der Waals surface area contributed by atoms with Gasteiger partial charge in [0.05, 0.1) is 4.99 Å². The molecule has 2 rings (SSSR count). The second-order valence-corrected chi connectivity index (χ2v) is 4.83. The molecule has 1 aliphatic rings. The summed E-state index contributed by atoms with van der Waals surface area (Å²) in [4.78, 5) is 25.7. The van der Waals surface area contributed by atoms with Crippen molar-refractivity contribution in [2.24, 2.45) is 5.73 Å². The van der Waals surface area contributed by atoms with E-state index in [1.165, 1.54) is 0 Å². The Labute approximate surface area is 103 Å². The fraction of sp³-hybridized carbons (Fsp3) is 0.667. The smallest absolute Gasteiger partial charge is 0.345 e. The first-order chi connectivity index (χ1) is 7.97. The zero-order valence-corrected chi connectivity index (χ0v) is 10.3. The Bertz CT molecular complexity index is 507. The van der Waals surface area contributed by atoms with Gasteiger partial charge in [0.1, 0.15) is 5.54 Å². The molecular weight excluding hydrogens is 242 g/mol. The van der Waals surface area contributed by atoms with Crippen LogP contribution in [0.25, 0.3) is 0 Å².